The Morgan fingerprint density at radius 1 is 1.26 bits per heavy atom. The van der Waals surface area contributed by atoms with Crippen LogP contribution in [0.2, 0.25) is 0 Å². The molecule has 3 heteroatoms. The fourth-order valence-corrected chi connectivity index (χ4v) is 2.34. The van der Waals surface area contributed by atoms with Crippen molar-refractivity contribution in [2.45, 2.75) is 34.2 Å². The SMILES string of the molecule is COc1cc(C)cc(C)c1CNCC(CN)C(C)C. The molecule has 1 atom stereocenters. The van der Waals surface area contributed by atoms with Gasteiger partial charge in [0.1, 0.15) is 5.75 Å². The molecule has 0 saturated heterocycles. The summed E-state index contributed by atoms with van der Waals surface area (Å²) >= 11 is 0. The maximum atomic E-state index is 5.79. The van der Waals surface area contributed by atoms with Crippen molar-refractivity contribution in [1.29, 1.82) is 0 Å². The van der Waals surface area contributed by atoms with Crippen molar-refractivity contribution in [3.8, 4) is 5.75 Å². The number of nitrogens with two attached hydrogens (primary N) is 1. The third kappa shape index (κ3) is 4.51. The first-order chi connectivity index (χ1) is 8.99. The van der Waals surface area contributed by atoms with E-state index in [0.29, 0.717) is 11.8 Å². The third-order valence-corrected chi connectivity index (χ3v) is 3.75. The van der Waals surface area contributed by atoms with Crippen molar-refractivity contribution >= 4 is 0 Å². The zero-order chi connectivity index (χ0) is 14.4. The van der Waals surface area contributed by atoms with Crippen LogP contribution in [-0.4, -0.2) is 20.2 Å². The lowest BCUT2D eigenvalue weighted by Crippen LogP contribution is -2.31. The van der Waals surface area contributed by atoms with Crippen LogP contribution in [0.25, 0.3) is 0 Å². The van der Waals surface area contributed by atoms with Crippen LogP contribution >= 0.6 is 0 Å². The van der Waals surface area contributed by atoms with Crippen LogP contribution in [0.5, 0.6) is 5.75 Å². The Morgan fingerprint density at radius 2 is 1.95 bits per heavy atom. The highest BCUT2D eigenvalue weighted by Gasteiger charge is 2.12. The van der Waals surface area contributed by atoms with E-state index in [1.807, 2.05) is 0 Å². The van der Waals surface area contributed by atoms with Crippen LogP contribution in [0.15, 0.2) is 12.1 Å². The largest absolute Gasteiger partial charge is 0.496 e. The molecule has 1 unspecified atom stereocenters. The van der Waals surface area contributed by atoms with Crippen molar-refractivity contribution in [3.05, 3.63) is 28.8 Å². The standard InChI is InChI=1S/C16H28N2O/c1-11(2)14(8-17)9-18-10-15-13(4)6-12(3)7-16(15)19-5/h6-7,11,14,18H,8-10,17H2,1-5H3. The second kappa shape index (κ2) is 7.51. The summed E-state index contributed by atoms with van der Waals surface area (Å²) in [6.45, 7) is 11.2. The summed E-state index contributed by atoms with van der Waals surface area (Å²) in [5.74, 6) is 2.11. The number of aryl methyl sites for hydroxylation is 2. The molecule has 0 aliphatic rings. The van der Waals surface area contributed by atoms with Gasteiger partial charge in [-0.2, -0.15) is 0 Å². The van der Waals surface area contributed by atoms with Gasteiger partial charge in [0.2, 0.25) is 0 Å². The molecule has 3 nitrogen and oxygen atoms in total. The van der Waals surface area contributed by atoms with Crippen molar-refractivity contribution < 1.29 is 4.74 Å². The van der Waals surface area contributed by atoms with Crippen LogP contribution in [0.4, 0.5) is 0 Å². The molecule has 0 aliphatic heterocycles. The fourth-order valence-electron chi connectivity index (χ4n) is 2.34. The van der Waals surface area contributed by atoms with Crippen LogP contribution in [-0.2, 0) is 6.54 Å². The zero-order valence-electron chi connectivity index (χ0n) is 12.9. The number of ether oxygens (including phenoxy) is 1. The monoisotopic (exact) mass is 264 g/mol. The average Bonchev–Trinajstić information content (AvgIpc) is 2.35. The van der Waals surface area contributed by atoms with Crippen molar-refractivity contribution in [2.24, 2.45) is 17.6 Å². The molecule has 0 aliphatic carbocycles. The molecule has 0 heterocycles. The van der Waals surface area contributed by atoms with E-state index >= 15 is 0 Å². The lowest BCUT2D eigenvalue weighted by Gasteiger charge is -2.20. The van der Waals surface area contributed by atoms with Gasteiger partial charge in [-0.25, -0.2) is 0 Å². The van der Waals surface area contributed by atoms with E-state index in [1.54, 1.807) is 7.11 Å². The predicted molar refractivity (Wildman–Crippen MR) is 81.6 cm³/mol. The number of benzene rings is 1. The predicted octanol–water partition coefficient (Wildman–Crippen LogP) is 2.63. The highest BCUT2D eigenvalue weighted by molar-refractivity contribution is 5.42. The summed E-state index contributed by atoms with van der Waals surface area (Å²) in [6, 6.07) is 4.29. The van der Waals surface area contributed by atoms with E-state index in [2.05, 4.69) is 45.1 Å². The van der Waals surface area contributed by atoms with Gasteiger partial charge >= 0.3 is 0 Å². The Morgan fingerprint density at radius 3 is 2.47 bits per heavy atom. The molecule has 0 spiro atoms. The highest BCUT2D eigenvalue weighted by atomic mass is 16.5. The van der Waals surface area contributed by atoms with E-state index in [0.717, 1.165) is 25.4 Å². The summed E-state index contributed by atoms with van der Waals surface area (Å²) in [7, 11) is 1.73. The number of hydrogen-bond acceptors (Lipinski definition) is 3. The van der Waals surface area contributed by atoms with Gasteiger partial charge < -0.3 is 15.8 Å². The van der Waals surface area contributed by atoms with Crippen molar-refractivity contribution in [3.63, 3.8) is 0 Å². The average molecular weight is 264 g/mol. The van der Waals surface area contributed by atoms with Gasteiger partial charge in [0.25, 0.3) is 0 Å². The van der Waals surface area contributed by atoms with E-state index < -0.39 is 0 Å². The van der Waals surface area contributed by atoms with Gasteiger partial charge in [0.05, 0.1) is 7.11 Å². The highest BCUT2D eigenvalue weighted by Crippen LogP contribution is 2.24. The Kier molecular flexibility index (Phi) is 6.32. The summed E-state index contributed by atoms with van der Waals surface area (Å²) < 4.78 is 5.47. The quantitative estimate of drug-likeness (QED) is 0.796. The first-order valence-corrected chi connectivity index (χ1v) is 7.04. The van der Waals surface area contributed by atoms with Gasteiger partial charge in [-0.3, -0.25) is 0 Å². The molecule has 108 valence electrons. The van der Waals surface area contributed by atoms with Crippen molar-refractivity contribution in [1.82, 2.24) is 5.32 Å². The second-order valence-corrected chi connectivity index (χ2v) is 5.63. The van der Waals surface area contributed by atoms with E-state index in [-0.39, 0.29) is 0 Å². The minimum Gasteiger partial charge on any atom is -0.496 e. The molecule has 0 amide bonds. The molecule has 1 aromatic carbocycles. The number of nitrogens with one attached hydrogen (secondary N) is 1. The molecule has 1 rings (SSSR count). The smallest absolute Gasteiger partial charge is 0.123 e. The third-order valence-electron chi connectivity index (χ3n) is 3.75. The van der Waals surface area contributed by atoms with E-state index in [9.17, 15) is 0 Å². The zero-order valence-corrected chi connectivity index (χ0v) is 12.9. The topological polar surface area (TPSA) is 47.3 Å². The summed E-state index contributed by atoms with van der Waals surface area (Å²) in [4.78, 5) is 0. The van der Waals surface area contributed by atoms with E-state index in [1.165, 1.54) is 16.7 Å². The van der Waals surface area contributed by atoms with E-state index in [4.69, 9.17) is 10.5 Å². The second-order valence-electron chi connectivity index (χ2n) is 5.63. The molecule has 0 bridgehead atoms. The molecule has 0 fully saturated rings. The number of hydrogen-bond donors (Lipinski definition) is 2. The lowest BCUT2D eigenvalue weighted by atomic mass is 9.96. The minimum atomic E-state index is 0.525. The maximum absolute atomic E-state index is 5.79. The number of rotatable bonds is 7. The summed E-state index contributed by atoms with van der Waals surface area (Å²) in [5, 5.41) is 3.51. The molecule has 0 saturated carbocycles. The van der Waals surface area contributed by atoms with Crippen LogP contribution in [0.3, 0.4) is 0 Å². The maximum Gasteiger partial charge on any atom is 0.123 e. The molecule has 1 aromatic rings. The lowest BCUT2D eigenvalue weighted by molar-refractivity contribution is 0.366. The summed E-state index contributed by atoms with van der Waals surface area (Å²) in [6.07, 6.45) is 0. The van der Waals surface area contributed by atoms with Crippen LogP contribution < -0.4 is 15.8 Å². The Hall–Kier alpha value is -1.06. The Balaban J connectivity index is 2.67. The summed E-state index contributed by atoms with van der Waals surface area (Å²) in [5.41, 5.74) is 9.55. The molecule has 0 radical (unpaired) electrons. The first-order valence-electron chi connectivity index (χ1n) is 7.04. The Labute approximate surface area is 117 Å². The fraction of sp³-hybridized carbons (Fsp3) is 0.625. The van der Waals surface area contributed by atoms with Gasteiger partial charge in [-0.1, -0.05) is 19.9 Å². The molecular formula is C16H28N2O. The molecule has 19 heavy (non-hydrogen) atoms. The van der Waals surface area contributed by atoms with Gasteiger partial charge in [-0.15, -0.1) is 0 Å². The van der Waals surface area contributed by atoms with Crippen LogP contribution in [0.1, 0.15) is 30.5 Å². The molecule has 3 N–H and O–H groups in total. The first kappa shape index (κ1) is 16.0. The van der Waals surface area contributed by atoms with Crippen molar-refractivity contribution in [2.75, 3.05) is 20.2 Å². The van der Waals surface area contributed by atoms with Crippen LogP contribution in [0, 0.1) is 25.7 Å². The van der Waals surface area contributed by atoms with Gasteiger partial charge in [0.15, 0.2) is 0 Å². The minimum absolute atomic E-state index is 0.525. The van der Waals surface area contributed by atoms with Gasteiger partial charge in [0, 0.05) is 12.1 Å². The number of methoxy groups -OCH3 is 1. The Bertz CT molecular complexity index is 402. The molecule has 0 aromatic heterocycles. The molecular weight excluding hydrogens is 236 g/mol. The van der Waals surface area contributed by atoms with Gasteiger partial charge in [-0.05, 0) is 56.0 Å². The normalized spacial score (nSPS) is 12.8.